The average molecular weight is 239 g/mol. The van der Waals surface area contributed by atoms with Crippen molar-refractivity contribution in [3.63, 3.8) is 0 Å². The number of carbonyl (C=O) groups is 1. The highest BCUT2D eigenvalue weighted by Gasteiger charge is 2.20. The van der Waals surface area contributed by atoms with Crippen molar-refractivity contribution in [3.8, 4) is 0 Å². The van der Waals surface area contributed by atoms with Gasteiger partial charge in [0.15, 0.2) is 0 Å². The summed E-state index contributed by atoms with van der Waals surface area (Å²) in [6.45, 7) is 0.941. The van der Waals surface area contributed by atoms with Crippen LogP contribution in [0.5, 0.6) is 0 Å². The minimum Gasteiger partial charge on any atom is -0.351 e. The van der Waals surface area contributed by atoms with E-state index in [1.54, 1.807) is 0 Å². The Morgan fingerprint density at radius 1 is 1.44 bits per heavy atom. The van der Waals surface area contributed by atoms with Crippen molar-refractivity contribution in [2.75, 3.05) is 6.54 Å². The normalized spacial score (nSPS) is 14.8. The Morgan fingerprint density at radius 3 is 2.94 bits per heavy atom. The molecule has 0 saturated heterocycles. The van der Waals surface area contributed by atoms with Crippen LogP contribution in [0.25, 0.3) is 0 Å². The van der Waals surface area contributed by atoms with E-state index in [1.807, 2.05) is 24.3 Å². The molecule has 0 spiro atoms. The predicted molar refractivity (Wildman–Crippen MR) is 64.3 cm³/mol. The molecule has 0 unspecified atom stereocenters. The maximum Gasteiger partial charge on any atom is 0.234 e. The van der Waals surface area contributed by atoms with Gasteiger partial charge in [-0.2, -0.15) is 0 Å². The molecule has 0 aromatic heterocycles. The summed E-state index contributed by atoms with van der Waals surface area (Å²) in [6.07, 6.45) is 2.39. The van der Waals surface area contributed by atoms with Crippen LogP contribution in [0.15, 0.2) is 24.3 Å². The molecule has 86 valence electrons. The maximum absolute atomic E-state index is 11.4. The summed E-state index contributed by atoms with van der Waals surface area (Å²) >= 11 is 5.85. The van der Waals surface area contributed by atoms with Gasteiger partial charge in [-0.25, -0.2) is 0 Å². The highest BCUT2D eigenvalue weighted by Crippen LogP contribution is 2.17. The third-order valence-electron chi connectivity index (χ3n) is 2.51. The second kappa shape index (κ2) is 5.32. The Balaban J connectivity index is 1.71. The van der Waals surface area contributed by atoms with Gasteiger partial charge >= 0.3 is 0 Å². The van der Waals surface area contributed by atoms with Crippen molar-refractivity contribution in [3.05, 3.63) is 34.9 Å². The second-order valence-electron chi connectivity index (χ2n) is 4.06. The SMILES string of the molecule is O=C(CNC1CC1)NCc1cccc(Cl)c1. The standard InChI is InChI=1S/C12H15ClN2O/c13-10-3-1-2-9(6-10)7-15-12(16)8-14-11-4-5-11/h1-3,6,11,14H,4-5,7-8H2,(H,15,16). The summed E-state index contributed by atoms with van der Waals surface area (Å²) < 4.78 is 0. The molecule has 1 amide bonds. The zero-order chi connectivity index (χ0) is 11.4. The Morgan fingerprint density at radius 2 is 2.25 bits per heavy atom. The van der Waals surface area contributed by atoms with Crippen LogP contribution in [0.1, 0.15) is 18.4 Å². The van der Waals surface area contributed by atoms with Crippen molar-refractivity contribution < 1.29 is 4.79 Å². The van der Waals surface area contributed by atoms with Crippen molar-refractivity contribution in [2.45, 2.75) is 25.4 Å². The summed E-state index contributed by atoms with van der Waals surface area (Å²) in [5, 5.41) is 6.71. The minimum absolute atomic E-state index is 0.0341. The number of halogens is 1. The minimum atomic E-state index is 0.0341. The zero-order valence-corrected chi connectivity index (χ0v) is 9.76. The summed E-state index contributed by atoms with van der Waals surface area (Å²) in [5.41, 5.74) is 1.02. The molecule has 0 heterocycles. The van der Waals surface area contributed by atoms with E-state index in [0.29, 0.717) is 24.2 Å². The lowest BCUT2D eigenvalue weighted by molar-refractivity contribution is -0.120. The van der Waals surface area contributed by atoms with Gasteiger partial charge in [-0.3, -0.25) is 4.79 Å². The molecule has 0 aliphatic heterocycles. The van der Waals surface area contributed by atoms with Crippen LogP contribution in [0, 0.1) is 0 Å². The first kappa shape index (κ1) is 11.4. The molecule has 1 aromatic carbocycles. The van der Waals surface area contributed by atoms with Gasteiger partial charge in [0.05, 0.1) is 6.54 Å². The number of carbonyl (C=O) groups excluding carboxylic acids is 1. The van der Waals surface area contributed by atoms with Crippen LogP contribution < -0.4 is 10.6 Å². The molecule has 1 fully saturated rings. The van der Waals surface area contributed by atoms with E-state index in [4.69, 9.17) is 11.6 Å². The third-order valence-corrected chi connectivity index (χ3v) is 2.74. The number of amides is 1. The van der Waals surface area contributed by atoms with Crippen molar-refractivity contribution in [1.82, 2.24) is 10.6 Å². The Kier molecular flexibility index (Phi) is 3.80. The molecule has 16 heavy (non-hydrogen) atoms. The van der Waals surface area contributed by atoms with Crippen LogP contribution in [0.3, 0.4) is 0 Å². The maximum atomic E-state index is 11.4. The van der Waals surface area contributed by atoms with Gasteiger partial charge in [0.1, 0.15) is 0 Å². The molecular formula is C12H15ClN2O. The Labute approximate surface area is 100 Å². The van der Waals surface area contributed by atoms with E-state index in [9.17, 15) is 4.79 Å². The summed E-state index contributed by atoms with van der Waals surface area (Å²) in [4.78, 5) is 11.4. The van der Waals surface area contributed by atoms with Gasteiger partial charge in [0.2, 0.25) is 5.91 Å². The fraction of sp³-hybridized carbons (Fsp3) is 0.417. The van der Waals surface area contributed by atoms with Gasteiger partial charge in [-0.1, -0.05) is 23.7 Å². The molecule has 2 rings (SSSR count). The number of hydrogen-bond acceptors (Lipinski definition) is 2. The van der Waals surface area contributed by atoms with Crippen molar-refractivity contribution in [1.29, 1.82) is 0 Å². The highest BCUT2D eigenvalue weighted by molar-refractivity contribution is 6.30. The molecule has 1 aromatic rings. The fourth-order valence-electron chi connectivity index (χ4n) is 1.43. The number of hydrogen-bond donors (Lipinski definition) is 2. The van der Waals surface area contributed by atoms with Crippen LogP contribution in [-0.4, -0.2) is 18.5 Å². The molecule has 0 radical (unpaired) electrons. The highest BCUT2D eigenvalue weighted by atomic mass is 35.5. The van der Waals surface area contributed by atoms with Gasteiger partial charge in [-0.15, -0.1) is 0 Å². The lowest BCUT2D eigenvalue weighted by Crippen LogP contribution is -2.34. The summed E-state index contributed by atoms with van der Waals surface area (Å²) in [7, 11) is 0. The molecule has 4 heteroatoms. The van der Waals surface area contributed by atoms with Crippen molar-refractivity contribution >= 4 is 17.5 Å². The third kappa shape index (κ3) is 3.83. The van der Waals surface area contributed by atoms with Gasteiger partial charge in [0, 0.05) is 17.6 Å². The first-order valence-electron chi connectivity index (χ1n) is 5.48. The number of rotatable bonds is 5. The van der Waals surface area contributed by atoms with Crippen LogP contribution in [-0.2, 0) is 11.3 Å². The first-order valence-corrected chi connectivity index (χ1v) is 5.86. The van der Waals surface area contributed by atoms with E-state index in [1.165, 1.54) is 12.8 Å². The molecule has 1 saturated carbocycles. The van der Waals surface area contributed by atoms with Gasteiger partial charge < -0.3 is 10.6 Å². The molecule has 1 aliphatic carbocycles. The number of nitrogens with one attached hydrogen (secondary N) is 2. The average Bonchev–Trinajstić information content (AvgIpc) is 3.07. The van der Waals surface area contributed by atoms with E-state index in [2.05, 4.69) is 10.6 Å². The second-order valence-corrected chi connectivity index (χ2v) is 4.50. The predicted octanol–water partition coefficient (Wildman–Crippen LogP) is 1.71. The van der Waals surface area contributed by atoms with Gasteiger partial charge in [-0.05, 0) is 30.5 Å². The lowest BCUT2D eigenvalue weighted by atomic mass is 10.2. The monoisotopic (exact) mass is 238 g/mol. The Hall–Kier alpha value is -1.06. The van der Waals surface area contributed by atoms with E-state index < -0.39 is 0 Å². The molecule has 1 aliphatic rings. The molecule has 0 bridgehead atoms. The van der Waals surface area contributed by atoms with Crippen LogP contribution >= 0.6 is 11.6 Å². The van der Waals surface area contributed by atoms with E-state index >= 15 is 0 Å². The molecular weight excluding hydrogens is 224 g/mol. The summed E-state index contributed by atoms with van der Waals surface area (Å²) in [5.74, 6) is 0.0341. The lowest BCUT2D eigenvalue weighted by Gasteiger charge is -2.06. The largest absolute Gasteiger partial charge is 0.351 e. The molecule has 3 nitrogen and oxygen atoms in total. The van der Waals surface area contributed by atoms with Crippen LogP contribution in [0.4, 0.5) is 0 Å². The van der Waals surface area contributed by atoms with Crippen LogP contribution in [0.2, 0.25) is 5.02 Å². The van der Waals surface area contributed by atoms with E-state index in [-0.39, 0.29) is 5.91 Å². The van der Waals surface area contributed by atoms with Crippen molar-refractivity contribution in [2.24, 2.45) is 0 Å². The summed E-state index contributed by atoms with van der Waals surface area (Å²) in [6, 6.07) is 8.07. The van der Waals surface area contributed by atoms with E-state index in [0.717, 1.165) is 5.56 Å². The number of benzene rings is 1. The fourth-order valence-corrected chi connectivity index (χ4v) is 1.65. The van der Waals surface area contributed by atoms with Gasteiger partial charge in [0.25, 0.3) is 0 Å². The smallest absolute Gasteiger partial charge is 0.234 e. The molecule has 2 N–H and O–H groups in total. The zero-order valence-electron chi connectivity index (χ0n) is 9.00. The molecule has 0 atom stereocenters. The Bertz CT molecular complexity index is 377. The topological polar surface area (TPSA) is 41.1 Å². The quantitative estimate of drug-likeness (QED) is 0.820. The first-order chi connectivity index (χ1) is 7.74.